The Morgan fingerprint density at radius 1 is 1.05 bits per heavy atom. The van der Waals surface area contributed by atoms with Crippen LogP contribution in [0.1, 0.15) is 26.4 Å². The molecule has 0 saturated carbocycles. The lowest BCUT2D eigenvalue weighted by molar-refractivity contribution is 0.0467. The van der Waals surface area contributed by atoms with E-state index in [1.165, 1.54) is 24.3 Å². The van der Waals surface area contributed by atoms with E-state index in [-0.39, 0.29) is 6.61 Å². The quantitative estimate of drug-likeness (QED) is 0.841. The van der Waals surface area contributed by atoms with Crippen LogP contribution in [0.3, 0.4) is 0 Å². The van der Waals surface area contributed by atoms with Crippen LogP contribution in [0.15, 0.2) is 48.7 Å². The molecule has 19 heavy (non-hydrogen) atoms. The smallest absolute Gasteiger partial charge is 0.338 e. The molecule has 0 saturated heterocycles. The van der Waals surface area contributed by atoms with Crippen LogP contribution in [0, 0.1) is 0 Å². The minimum atomic E-state index is -0.534. The Hall–Kier alpha value is -2.69. The topological polar surface area (TPSA) is 82.3 Å². The highest BCUT2D eigenvalue weighted by Crippen LogP contribution is 2.07. The van der Waals surface area contributed by atoms with Crippen LogP contribution in [0.25, 0.3) is 0 Å². The third-order valence-corrected chi connectivity index (χ3v) is 2.48. The molecule has 1 amide bonds. The van der Waals surface area contributed by atoms with Gasteiger partial charge in [0, 0.05) is 11.8 Å². The fraction of sp³-hybridized carbons (Fsp3) is 0.0714. The van der Waals surface area contributed by atoms with E-state index in [4.69, 9.17) is 10.5 Å². The molecule has 1 heterocycles. The molecular formula is C14H12N2O3. The van der Waals surface area contributed by atoms with E-state index in [1.54, 1.807) is 18.3 Å². The first-order valence-corrected chi connectivity index (χ1v) is 5.64. The molecule has 0 fully saturated rings. The normalized spacial score (nSPS) is 9.89. The number of primary amides is 1. The molecule has 5 heteroatoms. The molecule has 0 spiro atoms. The summed E-state index contributed by atoms with van der Waals surface area (Å²) in [6, 6.07) is 11.3. The van der Waals surface area contributed by atoms with Crippen molar-refractivity contribution >= 4 is 11.9 Å². The maximum atomic E-state index is 11.7. The summed E-state index contributed by atoms with van der Waals surface area (Å²) in [6.45, 7) is 0.108. The number of rotatable bonds is 4. The Balaban J connectivity index is 1.98. The van der Waals surface area contributed by atoms with Crippen molar-refractivity contribution in [3.05, 3.63) is 65.5 Å². The lowest BCUT2D eigenvalue weighted by atomic mass is 10.1. The number of nitrogens with two attached hydrogens (primary N) is 1. The fourth-order valence-electron chi connectivity index (χ4n) is 1.48. The Kier molecular flexibility index (Phi) is 3.87. The maximum Gasteiger partial charge on any atom is 0.338 e. The van der Waals surface area contributed by atoms with Gasteiger partial charge in [0.1, 0.15) is 6.61 Å². The van der Waals surface area contributed by atoms with Crippen molar-refractivity contribution in [3.8, 4) is 0 Å². The van der Waals surface area contributed by atoms with Crippen molar-refractivity contribution in [2.24, 2.45) is 5.73 Å². The number of amides is 1. The summed E-state index contributed by atoms with van der Waals surface area (Å²) in [5.74, 6) is -1.00. The average molecular weight is 256 g/mol. The van der Waals surface area contributed by atoms with Crippen LogP contribution in [-0.4, -0.2) is 16.9 Å². The van der Waals surface area contributed by atoms with Crippen LogP contribution < -0.4 is 5.73 Å². The SMILES string of the molecule is NC(=O)c1ccc(C(=O)OCc2ccccn2)cc1. The van der Waals surface area contributed by atoms with E-state index in [0.717, 1.165) is 0 Å². The van der Waals surface area contributed by atoms with Gasteiger partial charge in [-0.1, -0.05) is 6.07 Å². The van der Waals surface area contributed by atoms with E-state index < -0.39 is 11.9 Å². The molecular weight excluding hydrogens is 244 g/mol. The third-order valence-electron chi connectivity index (χ3n) is 2.48. The summed E-state index contributed by atoms with van der Waals surface area (Å²) in [5, 5.41) is 0. The number of ether oxygens (including phenoxy) is 1. The van der Waals surface area contributed by atoms with E-state index in [1.807, 2.05) is 6.07 Å². The van der Waals surface area contributed by atoms with E-state index >= 15 is 0 Å². The van der Waals surface area contributed by atoms with Gasteiger partial charge in [-0.15, -0.1) is 0 Å². The summed E-state index contributed by atoms with van der Waals surface area (Å²) in [4.78, 5) is 26.7. The Morgan fingerprint density at radius 2 is 1.74 bits per heavy atom. The molecule has 2 rings (SSSR count). The van der Waals surface area contributed by atoms with Crippen LogP contribution in [0.2, 0.25) is 0 Å². The number of hydrogen-bond donors (Lipinski definition) is 1. The monoisotopic (exact) mass is 256 g/mol. The van der Waals surface area contributed by atoms with Gasteiger partial charge in [-0.05, 0) is 36.4 Å². The first kappa shape index (κ1) is 12.8. The summed E-state index contributed by atoms with van der Waals surface area (Å²) < 4.78 is 5.10. The second-order valence-electron chi connectivity index (χ2n) is 3.84. The lowest BCUT2D eigenvalue weighted by Crippen LogP contribution is -2.11. The molecule has 2 N–H and O–H groups in total. The molecule has 2 aromatic rings. The minimum absolute atomic E-state index is 0.108. The third kappa shape index (κ3) is 3.38. The van der Waals surface area contributed by atoms with Crippen molar-refractivity contribution in [2.45, 2.75) is 6.61 Å². The van der Waals surface area contributed by atoms with Crippen LogP contribution in [-0.2, 0) is 11.3 Å². The summed E-state index contributed by atoms with van der Waals surface area (Å²) in [7, 11) is 0. The van der Waals surface area contributed by atoms with Gasteiger partial charge in [-0.2, -0.15) is 0 Å². The zero-order chi connectivity index (χ0) is 13.7. The molecule has 0 atom stereocenters. The number of nitrogens with zero attached hydrogens (tertiary/aromatic N) is 1. The van der Waals surface area contributed by atoms with Gasteiger partial charge in [-0.3, -0.25) is 9.78 Å². The largest absolute Gasteiger partial charge is 0.456 e. The molecule has 0 unspecified atom stereocenters. The van der Waals surface area contributed by atoms with Crippen molar-refractivity contribution in [2.75, 3.05) is 0 Å². The van der Waals surface area contributed by atoms with Crippen molar-refractivity contribution in [1.82, 2.24) is 4.98 Å². The van der Waals surface area contributed by atoms with Crippen LogP contribution in [0.5, 0.6) is 0 Å². The zero-order valence-electron chi connectivity index (χ0n) is 10.1. The lowest BCUT2D eigenvalue weighted by Gasteiger charge is -2.04. The number of benzene rings is 1. The fourth-order valence-corrected chi connectivity index (χ4v) is 1.48. The van der Waals surface area contributed by atoms with Gasteiger partial charge in [0.05, 0.1) is 11.3 Å². The van der Waals surface area contributed by atoms with Gasteiger partial charge in [-0.25, -0.2) is 4.79 Å². The summed E-state index contributed by atoms with van der Waals surface area (Å²) in [6.07, 6.45) is 1.63. The van der Waals surface area contributed by atoms with Crippen molar-refractivity contribution < 1.29 is 14.3 Å². The minimum Gasteiger partial charge on any atom is -0.456 e. The van der Waals surface area contributed by atoms with E-state index in [2.05, 4.69) is 4.98 Å². The van der Waals surface area contributed by atoms with Gasteiger partial charge in [0.2, 0.25) is 5.91 Å². The van der Waals surface area contributed by atoms with Gasteiger partial charge in [0.15, 0.2) is 0 Å². The predicted molar refractivity (Wildman–Crippen MR) is 68.3 cm³/mol. The number of carbonyl (C=O) groups excluding carboxylic acids is 2. The summed E-state index contributed by atoms with van der Waals surface area (Å²) in [5.41, 5.74) is 6.49. The second kappa shape index (κ2) is 5.77. The Bertz CT molecular complexity index is 579. The van der Waals surface area contributed by atoms with E-state index in [9.17, 15) is 9.59 Å². The van der Waals surface area contributed by atoms with E-state index in [0.29, 0.717) is 16.8 Å². The zero-order valence-corrected chi connectivity index (χ0v) is 10.1. The molecule has 0 bridgehead atoms. The molecule has 1 aromatic carbocycles. The highest BCUT2D eigenvalue weighted by Gasteiger charge is 2.08. The molecule has 0 aliphatic rings. The van der Waals surface area contributed by atoms with Crippen molar-refractivity contribution in [1.29, 1.82) is 0 Å². The first-order chi connectivity index (χ1) is 9.16. The molecule has 0 aliphatic heterocycles. The number of carbonyl (C=O) groups is 2. The second-order valence-corrected chi connectivity index (χ2v) is 3.84. The predicted octanol–water partition coefficient (Wildman–Crippen LogP) is 1.54. The van der Waals surface area contributed by atoms with Crippen LogP contribution in [0.4, 0.5) is 0 Å². The molecule has 0 aliphatic carbocycles. The molecule has 0 radical (unpaired) electrons. The number of hydrogen-bond acceptors (Lipinski definition) is 4. The molecule has 1 aromatic heterocycles. The standard InChI is InChI=1S/C14H12N2O3/c15-13(17)10-4-6-11(7-5-10)14(18)19-9-12-3-1-2-8-16-12/h1-8H,9H2,(H2,15,17). The molecule has 96 valence electrons. The van der Waals surface area contributed by atoms with Gasteiger partial charge < -0.3 is 10.5 Å². The highest BCUT2D eigenvalue weighted by atomic mass is 16.5. The maximum absolute atomic E-state index is 11.7. The number of esters is 1. The Labute approximate surface area is 110 Å². The first-order valence-electron chi connectivity index (χ1n) is 5.64. The van der Waals surface area contributed by atoms with Crippen LogP contribution >= 0.6 is 0 Å². The van der Waals surface area contributed by atoms with Crippen molar-refractivity contribution in [3.63, 3.8) is 0 Å². The summed E-state index contributed by atoms with van der Waals surface area (Å²) >= 11 is 0. The average Bonchev–Trinajstić information content (AvgIpc) is 2.46. The number of aromatic nitrogens is 1. The number of pyridine rings is 1. The van der Waals surface area contributed by atoms with Gasteiger partial charge in [0.25, 0.3) is 0 Å². The highest BCUT2D eigenvalue weighted by molar-refractivity contribution is 5.95. The van der Waals surface area contributed by atoms with Gasteiger partial charge >= 0.3 is 5.97 Å². The molecule has 5 nitrogen and oxygen atoms in total. The Morgan fingerprint density at radius 3 is 2.32 bits per heavy atom.